The van der Waals surface area contributed by atoms with E-state index in [1.165, 1.54) is 28.8 Å². The minimum atomic E-state index is -0.809. The predicted molar refractivity (Wildman–Crippen MR) is 99.0 cm³/mol. The highest BCUT2D eigenvalue weighted by atomic mass is 32.2. The van der Waals surface area contributed by atoms with Gasteiger partial charge in [0.2, 0.25) is 23.0 Å². The van der Waals surface area contributed by atoms with Crippen molar-refractivity contribution in [1.29, 1.82) is 0 Å². The highest BCUT2D eigenvalue weighted by Crippen LogP contribution is 2.28. The van der Waals surface area contributed by atoms with Gasteiger partial charge in [-0.1, -0.05) is 42.1 Å². The van der Waals surface area contributed by atoms with E-state index in [-0.39, 0.29) is 24.2 Å². The zero-order valence-electron chi connectivity index (χ0n) is 14.1. The number of benzene rings is 1. The summed E-state index contributed by atoms with van der Waals surface area (Å²) in [5.41, 5.74) is 1.13. The van der Waals surface area contributed by atoms with Crippen molar-refractivity contribution >= 4 is 35.5 Å². The fourth-order valence-electron chi connectivity index (χ4n) is 2.59. The van der Waals surface area contributed by atoms with Gasteiger partial charge >= 0.3 is 0 Å². The molecule has 0 saturated carbocycles. The minimum absolute atomic E-state index is 0.0299. The van der Waals surface area contributed by atoms with Crippen LogP contribution in [0.25, 0.3) is 0 Å². The van der Waals surface area contributed by atoms with E-state index in [4.69, 9.17) is 0 Å². The van der Waals surface area contributed by atoms with E-state index in [0.29, 0.717) is 10.9 Å². The molecule has 3 aromatic rings. The molecule has 0 unspecified atom stereocenters. The van der Waals surface area contributed by atoms with Crippen molar-refractivity contribution in [3.63, 3.8) is 0 Å². The molecule has 0 aliphatic carbocycles. The number of carbonyl (C=O) groups excluding carboxylic acids is 2. The van der Waals surface area contributed by atoms with Crippen LogP contribution in [-0.4, -0.2) is 36.5 Å². The van der Waals surface area contributed by atoms with Gasteiger partial charge in [0, 0.05) is 18.1 Å². The minimum Gasteiger partial charge on any atom is -0.295 e. The van der Waals surface area contributed by atoms with Crippen LogP contribution >= 0.6 is 11.8 Å². The van der Waals surface area contributed by atoms with E-state index in [0.717, 1.165) is 5.56 Å². The van der Waals surface area contributed by atoms with Crippen LogP contribution < -0.4 is 10.6 Å². The Bertz CT molecular complexity index is 962. The van der Waals surface area contributed by atoms with Crippen LogP contribution in [0.5, 0.6) is 0 Å². The van der Waals surface area contributed by atoms with Crippen LogP contribution in [0.4, 0.5) is 11.9 Å². The molecule has 1 aliphatic rings. The first-order chi connectivity index (χ1) is 13.2. The fourth-order valence-corrected chi connectivity index (χ4v) is 3.37. The van der Waals surface area contributed by atoms with Crippen molar-refractivity contribution in [2.24, 2.45) is 0 Å². The van der Waals surface area contributed by atoms with Gasteiger partial charge in [0.15, 0.2) is 0 Å². The third-order valence-electron chi connectivity index (χ3n) is 3.85. The molecule has 0 spiro atoms. The van der Waals surface area contributed by atoms with Crippen molar-refractivity contribution < 1.29 is 9.59 Å². The van der Waals surface area contributed by atoms with Gasteiger partial charge in [0.1, 0.15) is 6.04 Å². The van der Waals surface area contributed by atoms with Crippen LogP contribution in [0.3, 0.4) is 0 Å². The number of anilines is 2. The van der Waals surface area contributed by atoms with Gasteiger partial charge < -0.3 is 0 Å². The molecule has 0 fully saturated rings. The van der Waals surface area contributed by atoms with E-state index in [1.54, 1.807) is 6.07 Å². The van der Waals surface area contributed by atoms with E-state index >= 15 is 0 Å². The molecular formula is C17H15N7O2S. The van der Waals surface area contributed by atoms with Gasteiger partial charge in [-0.25, -0.2) is 14.6 Å². The lowest BCUT2D eigenvalue weighted by Gasteiger charge is -2.21. The second kappa shape index (κ2) is 7.54. The lowest BCUT2D eigenvalue weighted by molar-refractivity contribution is -0.125. The lowest BCUT2D eigenvalue weighted by atomic mass is 10.1. The lowest BCUT2D eigenvalue weighted by Crippen LogP contribution is -2.36. The molecule has 3 heterocycles. The summed E-state index contributed by atoms with van der Waals surface area (Å²) >= 11 is 1.44. The van der Waals surface area contributed by atoms with Crippen LogP contribution in [0.1, 0.15) is 18.0 Å². The van der Waals surface area contributed by atoms with Crippen LogP contribution in [0.2, 0.25) is 0 Å². The normalized spacial score (nSPS) is 15.7. The summed E-state index contributed by atoms with van der Waals surface area (Å²) in [7, 11) is 0. The highest BCUT2D eigenvalue weighted by Gasteiger charge is 2.33. The topological polar surface area (TPSA) is 115 Å². The summed E-state index contributed by atoms with van der Waals surface area (Å²) in [4.78, 5) is 36.8. The first-order valence-corrected chi connectivity index (χ1v) is 9.18. The molecule has 27 heavy (non-hydrogen) atoms. The molecule has 2 N–H and O–H groups in total. The molecule has 136 valence electrons. The molecule has 1 atom stereocenters. The first-order valence-electron chi connectivity index (χ1n) is 8.20. The summed E-state index contributed by atoms with van der Waals surface area (Å²) in [5.74, 6) is 0.419. The second-order valence-corrected chi connectivity index (χ2v) is 6.71. The highest BCUT2D eigenvalue weighted by molar-refractivity contribution is 7.98. The van der Waals surface area contributed by atoms with E-state index in [2.05, 4.69) is 30.7 Å². The summed E-state index contributed by atoms with van der Waals surface area (Å²) < 4.78 is 1.44. The van der Waals surface area contributed by atoms with Gasteiger partial charge in [0.05, 0.1) is 6.42 Å². The Balaban J connectivity index is 1.51. The number of hydrogen-bond acceptors (Lipinski definition) is 7. The Labute approximate surface area is 158 Å². The Morgan fingerprint density at radius 1 is 1.22 bits per heavy atom. The Morgan fingerprint density at radius 3 is 2.78 bits per heavy atom. The van der Waals surface area contributed by atoms with Crippen molar-refractivity contribution in [2.45, 2.75) is 23.4 Å². The molecule has 2 aromatic heterocycles. The average Bonchev–Trinajstić information content (AvgIpc) is 3.10. The molecule has 10 heteroatoms. The van der Waals surface area contributed by atoms with Crippen molar-refractivity contribution in [2.75, 3.05) is 10.6 Å². The van der Waals surface area contributed by atoms with Crippen molar-refractivity contribution in [3.05, 3.63) is 54.4 Å². The predicted octanol–water partition coefficient (Wildman–Crippen LogP) is 1.88. The number of rotatable bonds is 5. The number of aromatic nitrogens is 5. The Kier molecular flexibility index (Phi) is 4.79. The third kappa shape index (κ3) is 3.95. The maximum atomic E-state index is 12.6. The SMILES string of the molecule is O=C1C[C@@H](C(=O)Nc2ncccn2)n2nc(SCc3ccccc3)nc2N1. The maximum Gasteiger partial charge on any atom is 0.252 e. The standard InChI is InChI=1S/C17H15N7O2S/c25-13-9-12(14(26)21-15-18-7-4-8-19-15)24-16(20-13)22-17(23-24)27-10-11-5-2-1-3-6-11/h1-8,12H,9-10H2,(H,18,19,21,26)(H,20,22,23,25)/t12-/m0/s1. The monoisotopic (exact) mass is 381 g/mol. The number of carbonyl (C=O) groups is 2. The first kappa shape index (κ1) is 17.2. The summed E-state index contributed by atoms with van der Waals surface area (Å²) in [6.45, 7) is 0. The molecule has 1 aliphatic heterocycles. The fraction of sp³-hybridized carbons (Fsp3) is 0.176. The molecule has 0 radical (unpaired) electrons. The molecule has 1 aromatic carbocycles. The average molecular weight is 381 g/mol. The van der Waals surface area contributed by atoms with Gasteiger partial charge in [-0.2, -0.15) is 4.98 Å². The largest absolute Gasteiger partial charge is 0.295 e. The number of amides is 2. The van der Waals surface area contributed by atoms with Gasteiger partial charge in [-0.15, -0.1) is 5.10 Å². The molecule has 4 rings (SSSR count). The molecular weight excluding hydrogens is 366 g/mol. The van der Waals surface area contributed by atoms with E-state index in [1.807, 2.05) is 30.3 Å². The van der Waals surface area contributed by atoms with Crippen LogP contribution in [0.15, 0.2) is 53.9 Å². The third-order valence-corrected chi connectivity index (χ3v) is 4.76. The van der Waals surface area contributed by atoms with Gasteiger partial charge in [-0.3, -0.25) is 20.2 Å². The number of thioether (sulfide) groups is 1. The number of fused-ring (bicyclic) bond motifs is 1. The van der Waals surface area contributed by atoms with Gasteiger partial charge in [-0.05, 0) is 11.6 Å². The molecule has 0 saturated heterocycles. The number of nitrogens with one attached hydrogen (secondary N) is 2. The Morgan fingerprint density at radius 2 is 2.00 bits per heavy atom. The smallest absolute Gasteiger partial charge is 0.252 e. The number of nitrogens with zero attached hydrogens (tertiary/aromatic N) is 5. The van der Waals surface area contributed by atoms with Crippen LogP contribution in [0, 0.1) is 0 Å². The second-order valence-electron chi connectivity index (χ2n) is 5.77. The summed E-state index contributed by atoms with van der Waals surface area (Å²) in [5, 5.41) is 10.1. The quantitative estimate of drug-likeness (QED) is 0.649. The van der Waals surface area contributed by atoms with E-state index < -0.39 is 11.9 Å². The van der Waals surface area contributed by atoms with E-state index in [9.17, 15) is 9.59 Å². The van der Waals surface area contributed by atoms with Crippen molar-refractivity contribution in [1.82, 2.24) is 24.7 Å². The molecule has 2 amide bonds. The zero-order valence-corrected chi connectivity index (χ0v) is 14.9. The summed E-state index contributed by atoms with van der Waals surface area (Å²) in [6.07, 6.45) is 3.02. The molecule has 9 nitrogen and oxygen atoms in total. The number of hydrogen-bond donors (Lipinski definition) is 2. The summed E-state index contributed by atoms with van der Waals surface area (Å²) in [6, 6.07) is 10.8. The Hall–Kier alpha value is -3.27. The molecule has 0 bridgehead atoms. The van der Waals surface area contributed by atoms with Crippen LogP contribution in [-0.2, 0) is 15.3 Å². The van der Waals surface area contributed by atoms with Crippen molar-refractivity contribution in [3.8, 4) is 0 Å². The van der Waals surface area contributed by atoms with Gasteiger partial charge in [0.25, 0.3) is 5.91 Å². The maximum absolute atomic E-state index is 12.6. The zero-order chi connectivity index (χ0) is 18.6.